The van der Waals surface area contributed by atoms with Crippen molar-refractivity contribution in [2.24, 2.45) is 5.92 Å². The number of nitrogens with zero attached hydrogens (tertiary/aromatic N) is 5. The van der Waals surface area contributed by atoms with Crippen LogP contribution in [-0.4, -0.2) is 57.1 Å². The molecule has 3 aromatic rings. The summed E-state index contributed by atoms with van der Waals surface area (Å²) in [6.07, 6.45) is 1.10. The molecule has 6 heteroatoms. The molecule has 28 heavy (non-hydrogen) atoms. The average molecular weight is 375 g/mol. The zero-order valence-corrected chi connectivity index (χ0v) is 16.2. The number of hydrogen-bond acceptors (Lipinski definition) is 5. The zero-order chi connectivity index (χ0) is 19.3. The maximum absolute atomic E-state index is 12.9. The number of rotatable bonds is 6. The van der Waals surface area contributed by atoms with E-state index in [-0.39, 0.29) is 11.7 Å². The van der Waals surface area contributed by atoms with Crippen LogP contribution in [0.4, 0.5) is 0 Å². The van der Waals surface area contributed by atoms with Gasteiger partial charge in [0.25, 0.3) is 5.91 Å². The molecule has 0 unspecified atom stereocenters. The van der Waals surface area contributed by atoms with Crippen LogP contribution in [0.3, 0.4) is 0 Å². The fourth-order valence-corrected chi connectivity index (χ4v) is 3.83. The normalized spacial score (nSPS) is 17.1. The summed E-state index contributed by atoms with van der Waals surface area (Å²) in [6, 6.07) is 18.0. The largest absolute Gasteiger partial charge is 0.336 e. The van der Waals surface area contributed by atoms with Gasteiger partial charge < -0.3 is 4.90 Å². The fourth-order valence-electron chi connectivity index (χ4n) is 3.83. The number of likely N-dealkylation sites (tertiary alicyclic amines) is 1. The number of para-hydroxylation sites is 1. The van der Waals surface area contributed by atoms with E-state index in [4.69, 9.17) is 0 Å². The van der Waals surface area contributed by atoms with E-state index in [0.29, 0.717) is 23.5 Å². The second-order valence-corrected chi connectivity index (χ2v) is 7.34. The van der Waals surface area contributed by atoms with E-state index in [2.05, 4.69) is 44.3 Å². The molecule has 1 atom stereocenters. The van der Waals surface area contributed by atoms with Crippen LogP contribution in [0.25, 0.3) is 11.0 Å². The van der Waals surface area contributed by atoms with E-state index in [1.165, 1.54) is 5.56 Å². The van der Waals surface area contributed by atoms with Gasteiger partial charge in [0.2, 0.25) is 5.82 Å². The molecule has 0 aliphatic carbocycles. The van der Waals surface area contributed by atoms with Crippen LogP contribution in [0.2, 0.25) is 0 Å². The first-order valence-corrected chi connectivity index (χ1v) is 9.88. The SMILES string of the molecule is CCN(C[C@@H]1CCN(Cc2ccccc2)C1)C(=O)c1nnc2ccccc2n1. The molecular weight excluding hydrogens is 350 g/mol. The number of carbonyl (C=O) groups excluding carboxylic acids is 1. The highest BCUT2D eigenvalue weighted by Crippen LogP contribution is 2.20. The fraction of sp³-hybridized carbons (Fsp3) is 0.364. The topological polar surface area (TPSA) is 62.2 Å². The molecule has 0 spiro atoms. The summed E-state index contributed by atoms with van der Waals surface area (Å²) in [6.45, 7) is 6.42. The maximum Gasteiger partial charge on any atom is 0.293 e. The summed E-state index contributed by atoms with van der Waals surface area (Å²) >= 11 is 0. The van der Waals surface area contributed by atoms with Gasteiger partial charge in [-0.25, -0.2) is 4.98 Å². The first-order chi connectivity index (χ1) is 13.7. The lowest BCUT2D eigenvalue weighted by molar-refractivity contribution is 0.0725. The molecule has 6 nitrogen and oxygen atoms in total. The summed E-state index contributed by atoms with van der Waals surface area (Å²) in [5, 5.41) is 8.20. The Labute approximate surface area is 165 Å². The highest BCUT2D eigenvalue weighted by Gasteiger charge is 2.27. The average Bonchev–Trinajstić information content (AvgIpc) is 3.18. The molecular formula is C22H25N5O. The van der Waals surface area contributed by atoms with Crippen molar-refractivity contribution in [1.82, 2.24) is 25.0 Å². The van der Waals surface area contributed by atoms with Crippen LogP contribution in [-0.2, 0) is 6.54 Å². The van der Waals surface area contributed by atoms with Crippen molar-refractivity contribution in [3.05, 3.63) is 66.0 Å². The molecule has 4 rings (SSSR count). The van der Waals surface area contributed by atoms with Crippen molar-refractivity contribution in [2.45, 2.75) is 19.9 Å². The molecule has 2 heterocycles. The number of amides is 1. The highest BCUT2D eigenvalue weighted by atomic mass is 16.2. The van der Waals surface area contributed by atoms with Gasteiger partial charge in [0.1, 0.15) is 5.52 Å². The minimum Gasteiger partial charge on any atom is -0.336 e. The van der Waals surface area contributed by atoms with Crippen LogP contribution < -0.4 is 0 Å². The Morgan fingerprint density at radius 3 is 2.61 bits per heavy atom. The molecule has 0 radical (unpaired) electrons. The van der Waals surface area contributed by atoms with Crippen LogP contribution in [0.5, 0.6) is 0 Å². The van der Waals surface area contributed by atoms with E-state index in [0.717, 1.165) is 32.6 Å². The van der Waals surface area contributed by atoms with Crippen LogP contribution in [0, 0.1) is 5.92 Å². The van der Waals surface area contributed by atoms with Gasteiger partial charge in [0, 0.05) is 26.2 Å². The van der Waals surface area contributed by atoms with Crippen molar-refractivity contribution < 1.29 is 4.79 Å². The Morgan fingerprint density at radius 1 is 1.07 bits per heavy atom. The van der Waals surface area contributed by atoms with E-state index in [1.807, 2.05) is 42.2 Å². The molecule has 1 fully saturated rings. The van der Waals surface area contributed by atoms with Gasteiger partial charge in [-0.15, -0.1) is 10.2 Å². The molecule has 1 aromatic heterocycles. The van der Waals surface area contributed by atoms with Crippen LogP contribution in [0.1, 0.15) is 29.5 Å². The highest BCUT2D eigenvalue weighted by molar-refractivity contribution is 5.91. The number of benzene rings is 2. The number of aromatic nitrogens is 3. The Balaban J connectivity index is 1.39. The number of fused-ring (bicyclic) bond motifs is 1. The van der Waals surface area contributed by atoms with E-state index in [1.54, 1.807) is 0 Å². The number of hydrogen-bond donors (Lipinski definition) is 0. The molecule has 0 saturated carbocycles. The predicted molar refractivity (Wildman–Crippen MR) is 109 cm³/mol. The molecule has 144 valence electrons. The Morgan fingerprint density at radius 2 is 1.82 bits per heavy atom. The second-order valence-electron chi connectivity index (χ2n) is 7.34. The molecule has 2 aromatic carbocycles. The first kappa shape index (κ1) is 18.5. The molecule has 0 N–H and O–H groups in total. The standard InChI is InChI=1S/C22H25N5O/c1-2-27(22(28)21-23-19-10-6-7-11-20(19)24-25-21)16-18-12-13-26(15-18)14-17-8-4-3-5-9-17/h3-11,18H,2,12-16H2,1H3/t18-/m1/s1. The minimum atomic E-state index is -0.137. The lowest BCUT2D eigenvalue weighted by Crippen LogP contribution is -2.37. The number of carbonyl (C=O) groups is 1. The quantitative estimate of drug-likeness (QED) is 0.663. The predicted octanol–water partition coefficient (Wildman–Crippen LogP) is 3.01. The third-order valence-electron chi connectivity index (χ3n) is 5.32. The first-order valence-electron chi connectivity index (χ1n) is 9.88. The third kappa shape index (κ3) is 4.17. The minimum absolute atomic E-state index is 0.137. The Bertz CT molecular complexity index is 946. The summed E-state index contributed by atoms with van der Waals surface area (Å²) in [4.78, 5) is 21.7. The molecule has 1 aliphatic heterocycles. The van der Waals surface area contributed by atoms with Gasteiger partial charge in [-0.2, -0.15) is 0 Å². The molecule has 1 saturated heterocycles. The van der Waals surface area contributed by atoms with Crippen molar-refractivity contribution in [2.75, 3.05) is 26.2 Å². The van der Waals surface area contributed by atoms with E-state index in [9.17, 15) is 4.79 Å². The van der Waals surface area contributed by atoms with Gasteiger partial charge >= 0.3 is 0 Å². The van der Waals surface area contributed by atoms with Crippen molar-refractivity contribution >= 4 is 16.9 Å². The van der Waals surface area contributed by atoms with Gasteiger partial charge in [-0.05, 0) is 43.5 Å². The lowest BCUT2D eigenvalue weighted by atomic mass is 10.1. The second kappa shape index (κ2) is 8.44. The molecule has 0 bridgehead atoms. The van der Waals surface area contributed by atoms with Crippen molar-refractivity contribution in [3.8, 4) is 0 Å². The smallest absolute Gasteiger partial charge is 0.293 e. The van der Waals surface area contributed by atoms with E-state index >= 15 is 0 Å². The Hall–Kier alpha value is -2.86. The van der Waals surface area contributed by atoms with Crippen molar-refractivity contribution in [3.63, 3.8) is 0 Å². The summed E-state index contributed by atoms with van der Waals surface area (Å²) in [5.74, 6) is 0.517. The van der Waals surface area contributed by atoms with Crippen molar-refractivity contribution in [1.29, 1.82) is 0 Å². The van der Waals surface area contributed by atoms with Gasteiger partial charge in [-0.1, -0.05) is 42.5 Å². The summed E-state index contributed by atoms with van der Waals surface area (Å²) < 4.78 is 0. The summed E-state index contributed by atoms with van der Waals surface area (Å²) in [7, 11) is 0. The molecule has 1 aliphatic rings. The third-order valence-corrected chi connectivity index (χ3v) is 5.32. The van der Waals surface area contributed by atoms with Gasteiger partial charge in [0.15, 0.2) is 0 Å². The monoisotopic (exact) mass is 375 g/mol. The van der Waals surface area contributed by atoms with Crippen LogP contribution >= 0.6 is 0 Å². The van der Waals surface area contributed by atoms with E-state index < -0.39 is 0 Å². The zero-order valence-electron chi connectivity index (χ0n) is 16.2. The van der Waals surface area contributed by atoms with Gasteiger partial charge in [0.05, 0.1) is 5.52 Å². The molecule has 1 amide bonds. The van der Waals surface area contributed by atoms with Crippen LogP contribution in [0.15, 0.2) is 54.6 Å². The Kier molecular flexibility index (Phi) is 5.58. The summed E-state index contributed by atoms with van der Waals surface area (Å²) in [5.41, 5.74) is 2.74. The lowest BCUT2D eigenvalue weighted by Gasteiger charge is -2.24. The maximum atomic E-state index is 12.9. The van der Waals surface area contributed by atoms with Gasteiger partial charge in [-0.3, -0.25) is 9.69 Å².